The van der Waals surface area contributed by atoms with Gasteiger partial charge in [-0.15, -0.1) is 0 Å². The molecule has 0 bridgehead atoms. The molecule has 11 aromatic rings. The topological polar surface area (TPSA) is 51.8 Å². The predicted molar refractivity (Wildman–Crippen MR) is 243 cm³/mol. The van der Waals surface area contributed by atoms with Gasteiger partial charge in [0.25, 0.3) is 0 Å². The number of furan rings is 1. The van der Waals surface area contributed by atoms with Gasteiger partial charge in [0.2, 0.25) is 0 Å². The van der Waals surface area contributed by atoms with Crippen molar-refractivity contribution in [2.24, 2.45) is 0 Å². The van der Waals surface area contributed by atoms with Gasteiger partial charge < -0.3 is 4.42 Å². The number of hydrogen-bond donors (Lipinski definition) is 0. The van der Waals surface area contributed by atoms with Crippen LogP contribution in [0.25, 0.3) is 111 Å². The van der Waals surface area contributed by atoms with E-state index in [0.717, 1.165) is 72.0 Å². The van der Waals surface area contributed by atoms with Crippen molar-refractivity contribution in [1.82, 2.24) is 15.0 Å². The van der Waals surface area contributed by atoms with Crippen molar-refractivity contribution in [2.45, 2.75) is 0 Å². The fourth-order valence-corrected chi connectivity index (χ4v) is 8.09. The second-order valence-electron chi connectivity index (χ2n) is 14.8. The molecule has 0 radical (unpaired) electrons. The number of nitrogens with zero attached hydrogens (tertiary/aromatic N) is 3. The van der Waals surface area contributed by atoms with Crippen LogP contribution in [0.4, 0.5) is 0 Å². The second-order valence-corrected chi connectivity index (χ2v) is 14.8. The summed E-state index contributed by atoms with van der Waals surface area (Å²) in [5.41, 5.74) is 13.5. The van der Waals surface area contributed by atoms with Crippen LogP contribution in [0, 0.1) is 0 Å². The third kappa shape index (κ3) is 6.53. The molecule has 0 saturated heterocycles. The first kappa shape index (κ1) is 34.3. The summed E-state index contributed by atoms with van der Waals surface area (Å²) in [6.07, 6.45) is 0. The third-order valence-corrected chi connectivity index (χ3v) is 11.1. The van der Waals surface area contributed by atoms with Crippen LogP contribution in [-0.2, 0) is 0 Å². The number of benzene rings is 9. The van der Waals surface area contributed by atoms with Crippen LogP contribution >= 0.6 is 0 Å². The Morgan fingerprint density at radius 3 is 1.44 bits per heavy atom. The summed E-state index contributed by atoms with van der Waals surface area (Å²) in [4.78, 5) is 15.4. The largest absolute Gasteiger partial charge is 0.456 e. The number of fused-ring (bicyclic) bond motifs is 4. The van der Waals surface area contributed by atoms with Crippen molar-refractivity contribution in [3.8, 4) is 78.7 Å². The van der Waals surface area contributed by atoms with Gasteiger partial charge in [0, 0.05) is 27.5 Å². The molecule has 0 unspecified atom stereocenters. The van der Waals surface area contributed by atoms with E-state index in [2.05, 4.69) is 194 Å². The van der Waals surface area contributed by atoms with Gasteiger partial charge in [0.15, 0.2) is 17.5 Å². The minimum absolute atomic E-state index is 0.576. The molecular formula is C55H35N3O. The smallest absolute Gasteiger partial charge is 0.164 e. The van der Waals surface area contributed by atoms with Crippen LogP contribution in [0.3, 0.4) is 0 Å². The number of aromatic nitrogens is 3. The molecular weight excluding hydrogens is 719 g/mol. The lowest BCUT2D eigenvalue weighted by Crippen LogP contribution is -2.00. The Hall–Kier alpha value is -7.95. The highest BCUT2D eigenvalue weighted by atomic mass is 16.3. The van der Waals surface area contributed by atoms with Gasteiger partial charge in [-0.2, -0.15) is 0 Å². The van der Waals surface area contributed by atoms with E-state index in [0.29, 0.717) is 17.5 Å². The molecule has 0 aliphatic carbocycles. The van der Waals surface area contributed by atoms with E-state index in [9.17, 15) is 0 Å². The molecule has 0 N–H and O–H groups in total. The van der Waals surface area contributed by atoms with Crippen LogP contribution in [0.15, 0.2) is 217 Å². The average molecular weight is 754 g/mol. The van der Waals surface area contributed by atoms with Crippen molar-refractivity contribution >= 4 is 32.7 Å². The molecule has 11 rings (SSSR count). The molecule has 2 heterocycles. The lowest BCUT2D eigenvalue weighted by Gasteiger charge is -2.11. The zero-order valence-corrected chi connectivity index (χ0v) is 32.0. The van der Waals surface area contributed by atoms with E-state index < -0.39 is 0 Å². The van der Waals surface area contributed by atoms with Gasteiger partial charge in [0.1, 0.15) is 11.2 Å². The maximum Gasteiger partial charge on any atom is 0.164 e. The minimum Gasteiger partial charge on any atom is -0.456 e. The zero-order chi connectivity index (χ0) is 39.1. The van der Waals surface area contributed by atoms with Crippen LogP contribution in [0.5, 0.6) is 0 Å². The molecule has 0 atom stereocenters. The Bertz CT molecular complexity index is 3300. The lowest BCUT2D eigenvalue weighted by molar-refractivity contribution is 0.669. The fourth-order valence-electron chi connectivity index (χ4n) is 8.09. The summed E-state index contributed by atoms with van der Waals surface area (Å²) >= 11 is 0. The fraction of sp³-hybridized carbons (Fsp3) is 0. The Kier molecular flexibility index (Phi) is 8.45. The Morgan fingerprint density at radius 1 is 0.271 bits per heavy atom. The van der Waals surface area contributed by atoms with Crippen molar-refractivity contribution < 1.29 is 4.42 Å². The van der Waals surface area contributed by atoms with Gasteiger partial charge in [-0.25, -0.2) is 15.0 Å². The van der Waals surface area contributed by atoms with Crippen molar-refractivity contribution in [1.29, 1.82) is 0 Å². The summed E-state index contributed by atoms with van der Waals surface area (Å²) in [7, 11) is 0. The van der Waals surface area contributed by atoms with E-state index in [4.69, 9.17) is 19.4 Å². The zero-order valence-electron chi connectivity index (χ0n) is 32.0. The first-order chi connectivity index (χ1) is 29.2. The van der Waals surface area contributed by atoms with Gasteiger partial charge in [-0.1, -0.05) is 182 Å². The Morgan fingerprint density at radius 2 is 0.746 bits per heavy atom. The molecule has 0 amide bonds. The van der Waals surface area contributed by atoms with E-state index in [1.165, 1.54) is 21.9 Å². The maximum absolute atomic E-state index is 6.58. The van der Waals surface area contributed by atoms with E-state index in [-0.39, 0.29) is 0 Å². The van der Waals surface area contributed by atoms with Gasteiger partial charge in [-0.05, 0) is 85.6 Å². The van der Waals surface area contributed by atoms with Crippen molar-refractivity contribution in [2.75, 3.05) is 0 Å². The first-order valence-corrected chi connectivity index (χ1v) is 19.8. The first-order valence-electron chi connectivity index (χ1n) is 19.8. The highest BCUT2D eigenvalue weighted by molar-refractivity contribution is 6.13. The normalized spacial score (nSPS) is 11.4. The van der Waals surface area contributed by atoms with Crippen LogP contribution in [-0.4, -0.2) is 15.0 Å². The lowest BCUT2D eigenvalue weighted by atomic mass is 9.96. The van der Waals surface area contributed by atoms with E-state index >= 15 is 0 Å². The van der Waals surface area contributed by atoms with E-state index in [1.54, 1.807) is 0 Å². The summed E-state index contributed by atoms with van der Waals surface area (Å²) in [5, 5.41) is 4.55. The van der Waals surface area contributed by atoms with Gasteiger partial charge in [0.05, 0.1) is 0 Å². The monoisotopic (exact) mass is 753 g/mol. The molecule has 4 heteroatoms. The molecule has 59 heavy (non-hydrogen) atoms. The summed E-state index contributed by atoms with van der Waals surface area (Å²) < 4.78 is 6.58. The summed E-state index contributed by atoms with van der Waals surface area (Å²) in [6.45, 7) is 0. The number of hydrogen-bond acceptors (Lipinski definition) is 4. The highest BCUT2D eigenvalue weighted by Crippen LogP contribution is 2.39. The van der Waals surface area contributed by atoms with Crippen molar-refractivity contribution in [3.63, 3.8) is 0 Å². The molecule has 0 aliphatic heterocycles. The Labute approximate surface area is 341 Å². The molecule has 0 aliphatic rings. The molecule has 0 saturated carbocycles. The molecule has 4 nitrogen and oxygen atoms in total. The molecule has 9 aromatic carbocycles. The highest BCUT2D eigenvalue weighted by Gasteiger charge is 2.17. The minimum atomic E-state index is 0.576. The average Bonchev–Trinajstić information content (AvgIpc) is 3.70. The maximum atomic E-state index is 6.58. The second kappa shape index (κ2) is 14.5. The number of rotatable bonds is 7. The molecule has 276 valence electrons. The standard InChI is InChI=1S/C55H35N3O/c1-3-11-36(12-4-1)39-21-26-41(27-22-39)48-19-10-20-50-52(48)49-32-31-47(35-51(49)59-50)55-57-53(42-28-23-40(24-29-42)37-13-5-2-6-14-37)56-54(58-55)46-18-9-17-44(34-46)45-30-25-38-15-7-8-16-43(38)33-45/h1-35H. The van der Waals surface area contributed by atoms with E-state index in [1.807, 2.05) is 18.2 Å². The van der Waals surface area contributed by atoms with Gasteiger partial charge >= 0.3 is 0 Å². The van der Waals surface area contributed by atoms with Crippen LogP contribution < -0.4 is 0 Å². The molecule has 2 aromatic heterocycles. The van der Waals surface area contributed by atoms with Crippen LogP contribution in [0.1, 0.15) is 0 Å². The quantitative estimate of drug-likeness (QED) is 0.163. The summed E-state index contributed by atoms with van der Waals surface area (Å²) in [6, 6.07) is 74.1. The predicted octanol–water partition coefficient (Wildman–Crippen LogP) is 14.6. The van der Waals surface area contributed by atoms with Crippen LogP contribution in [0.2, 0.25) is 0 Å². The molecule has 0 spiro atoms. The molecule has 0 fully saturated rings. The summed E-state index contributed by atoms with van der Waals surface area (Å²) in [5.74, 6) is 1.78. The third-order valence-electron chi connectivity index (χ3n) is 11.1. The Balaban J connectivity index is 1.01. The van der Waals surface area contributed by atoms with Gasteiger partial charge in [-0.3, -0.25) is 0 Å². The van der Waals surface area contributed by atoms with Crippen molar-refractivity contribution in [3.05, 3.63) is 212 Å². The SMILES string of the molecule is c1ccc(-c2ccc(-c3nc(-c4cccc(-c5ccc6ccccc6c5)c4)nc(-c4ccc5c(c4)oc4cccc(-c6ccc(-c7ccccc7)cc6)c45)n3)cc2)cc1.